The Kier molecular flexibility index (Phi) is 7.38. The molecule has 0 aromatic heterocycles. The van der Waals surface area contributed by atoms with Crippen LogP contribution in [0.2, 0.25) is 0 Å². The summed E-state index contributed by atoms with van der Waals surface area (Å²) in [4.78, 5) is 22.7. The first-order valence-electron chi connectivity index (χ1n) is 8.50. The minimum atomic E-state index is -0.585. The summed E-state index contributed by atoms with van der Waals surface area (Å²) in [5, 5.41) is 3.89. The van der Waals surface area contributed by atoms with E-state index in [0.717, 1.165) is 11.1 Å². The molecule has 0 saturated heterocycles. The Bertz CT molecular complexity index is 880. The molecule has 0 aliphatic rings. The molecule has 0 bridgehead atoms. The Morgan fingerprint density at radius 2 is 1.82 bits per heavy atom. The molecule has 0 heterocycles. The van der Waals surface area contributed by atoms with E-state index in [2.05, 4.69) is 10.5 Å². The number of hydrazone groups is 1. The highest BCUT2D eigenvalue weighted by Crippen LogP contribution is 2.27. The number of ether oxygens (including phenoxy) is 3. The van der Waals surface area contributed by atoms with E-state index in [9.17, 15) is 9.59 Å². The van der Waals surface area contributed by atoms with E-state index in [1.165, 1.54) is 13.3 Å². The number of hydrogen-bond acceptors (Lipinski definition) is 6. The van der Waals surface area contributed by atoms with Gasteiger partial charge in [0, 0.05) is 0 Å². The van der Waals surface area contributed by atoms with Crippen molar-refractivity contribution < 1.29 is 23.8 Å². The van der Waals surface area contributed by atoms with Gasteiger partial charge in [-0.05, 0) is 60.9 Å². The molecule has 28 heavy (non-hydrogen) atoms. The van der Waals surface area contributed by atoms with Crippen molar-refractivity contribution in [3.05, 3.63) is 53.1 Å². The highest BCUT2D eigenvalue weighted by molar-refractivity contribution is 5.83. The van der Waals surface area contributed by atoms with E-state index >= 15 is 0 Å². The number of aryl methyl sites for hydroxylation is 2. The average Bonchev–Trinajstić information content (AvgIpc) is 2.67. The van der Waals surface area contributed by atoms with Crippen molar-refractivity contribution in [1.82, 2.24) is 5.43 Å². The standard InChI is InChI=1S/C20H23N3O5/c1-13-4-6-16(8-14(13)2)27-12-20(25)23-22-10-15-5-7-17(18(9-15)26-3)28-11-19(21)24/h4-10H,11-12H2,1-3H3,(H2,21,24)(H,23,25)/b22-10-. The number of hydrogen-bond donors (Lipinski definition) is 2. The van der Waals surface area contributed by atoms with Crippen molar-refractivity contribution in [2.75, 3.05) is 20.3 Å². The second kappa shape index (κ2) is 9.96. The molecule has 0 fully saturated rings. The summed E-state index contributed by atoms with van der Waals surface area (Å²) < 4.78 is 15.9. The van der Waals surface area contributed by atoms with Crippen LogP contribution in [0.1, 0.15) is 16.7 Å². The molecular weight excluding hydrogens is 362 g/mol. The van der Waals surface area contributed by atoms with Crippen molar-refractivity contribution in [2.45, 2.75) is 13.8 Å². The van der Waals surface area contributed by atoms with Crippen LogP contribution in [0, 0.1) is 13.8 Å². The number of nitrogens with zero attached hydrogens (tertiary/aromatic N) is 1. The second-order valence-electron chi connectivity index (χ2n) is 5.99. The molecule has 0 saturated carbocycles. The molecule has 3 N–H and O–H groups in total. The van der Waals surface area contributed by atoms with Gasteiger partial charge in [-0.2, -0.15) is 5.10 Å². The Labute approximate surface area is 163 Å². The maximum absolute atomic E-state index is 11.8. The summed E-state index contributed by atoms with van der Waals surface area (Å²) >= 11 is 0. The number of carbonyl (C=O) groups is 2. The number of methoxy groups -OCH3 is 1. The molecule has 0 atom stereocenters. The molecule has 0 spiro atoms. The number of primary amides is 1. The Hall–Kier alpha value is -3.55. The lowest BCUT2D eigenvalue weighted by Crippen LogP contribution is -2.24. The second-order valence-corrected chi connectivity index (χ2v) is 5.99. The lowest BCUT2D eigenvalue weighted by atomic mass is 10.1. The fourth-order valence-electron chi connectivity index (χ4n) is 2.20. The lowest BCUT2D eigenvalue weighted by Gasteiger charge is -2.09. The molecule has 2 aromatic carbocycles. The summed E-state index contributed by atoms with van der Waals surface area (Å²) in [6.07, 6.45) is 1.45. The molecule has 2 rings (SSSR count). The van der Waals surface area contributed by atoms with Crippen LogP contribution in [0.25, 0.3) is 0 Å². The fraction of sp³-hybridized carbons (Fsp3) is 0.250. The van der Waals surface area contributed by atoms with Crippen LogP contribution in [0.15, 0.2) is 41.5 Å². The molecule has 2 aromatic rings. The van der Waals surface area contributed by atoms with Crippen molar-refractivity contribution in [3.63, 3.8) is 0 Å². The van der Waals surface area contributed by atoms with Gasteiger partial charge < -0.3 is 19.9 Å². The molecule has 0 aliphatic carbocycles. The summed E-state index contributed by atoms with van der Waals surface area (Å²) in [6.45, 7) is 3.58. The van der Waals surface area contributed by atoms with Gasteiger partial charge in [-0.3, -0.25) is 9.59 Å². The summed E-state index contributed by atoms with van der Waals surface area (Å²) in [6, 6.07) is 10.6. The largest absolute Gasteiger partial charge is 0.493 e. The molecular formula is C20H23N3O5. The molecule has 0 radical (unpaired) electrons. The molecule has 8 nitrogen and oxygen atoms in total. The zero-order chi connectivity index (χ0) is 20.5. The third-order valence-electron chi connectivity index (χ3n) is 3.81. The number of nitrogens with one attached hydrogen (secondary N) is 1. The molecule has 8 heteroatoms. The van der Waals surface area contributed by atoms with Gasteiger partial charge in [-0.15, -0.1) is 0 Å². The highest BCUT2D eigenvalue weighted by atomic mass is 16.5. The number of rotatable bonds is 9. The fourth-order valence-corrected chi connectivity index (χ4v) is 2.20. The van der Waals surface area contributed by atoms with Gasteiger partial charge in [0.1, 0.15) is 5.75 Å². The number of benzene rings is 2. The number of carbonyl (C=O) groups excluding carboxylic acids is 2. The van der Waals surface area contributed by atoms with Crippen LogP contribution < -0.4 is 25.4 Å². The predicted octanol–water partition coefficient (Wildman–Crippen LogP) is 1.71. The average molecular weight is 385 g/mol. The lowest BCUT2D eigenvalue weighted by molar-refractivity contribution is -0.123. The van der Waals surface area contributed by atoms with Gasteiger partial charge in [-0.25, -0.2) is 5.43 Å². The topological polar surface area (TPSA) is 112 Å². The Balaban J connectivity index is 1.87. The van der Waals surface area contributed by atoms with Gasteiger partial charge in [0.05, 0.1) is 13.3 Å². The summed E-state index contributed by atoms with van der Waals surface area (Å²) in [7, 11) is 1.47. The third-order valence-corrected chi connectivity index (χ3v) is 3.81. The van der Waals surface area contributed by atoms with E-state index in [1.54, 1.807) is 18.2 Å². The van der Waals surface area contributed by atoms with E-state index in [0.29, 0.717) is 22.8 Å². The normalized spacial score (nSPS) is 10.5. The molecule has 148 valence electrons. The Morgan fingerprint density at radius 1 is 1.04 bits per heavy atom. The number of amides is 2. The predicted molar refractivity (Wildman–Crippen MR) is 105 cm³/mol. The minimum absolute atomic E-state index is 0.150. The van der Waals surface area contributed by atoms with Crippen LogP contribution in [-0.2, 0) is 9.59 Å². The molecule has 2 amide bonds. The van der Waals surface area contributed by atoms with Crippen molar-refractivity contribution >= 4 is 18.0 Å². The maximum Gasteiger partial charge on any atom is 0.277 e. The zero-order valence-electron chi connectivity index (χ0n) is 16.0. The van der Waals surface area contributed by atoms with Crippen molar-refractivity contribution in [3.8, 4) is 17.2 Å². The van der Waals surface area contributed by atoms with E-state index < -0.39 is 5.91 Å². The first kappa shape index (κ1) is 20.8. The van der Waals surface area contributed by atoms with Crippen LogP contribution >= 0.6 is 0 Å². The quantitative estimate of drug-likeness (QED) is 0.504. The first-order valence-corrected chi connectivity index (χ1v) is 8.50. The van der Waals surface area contributed by atoms with Gasteiger partial charge in [0.2, 0.25) is 0 Å². The summed E-state index contributed by atoms with van der Waals surface area (Å²) in [5.41, 5.74) is 10.4. The van der Waals surface area contributed by atoms with Crippen LogP contribution in [0.4, 0.5) is 0 Å². The highest BCUT2D eigenvalue weighted by Gasteiger charge is 2.07. The van der Waals surface area contributed by atoms with Crippen molar-refractivity contribution in [2.24, 2.45) is 10.8 Å². The Morgan fingerprint density at radius 3 is 2.50 bits per heavy atom. The number of nitrogens with two attached hydrogens (primary N) is 1. The maximum atomic E-state index is 11.8. The van der Waals surface area contributed by atoms with Gasteiger partial charge in [0.25, 0.3) is 11.8 Å². The van der Waals surface area contributed by atoms with Gasteiger partial charge >= 0.3 is 0 Å². The summed E-state index contributed by atoms with van der Waals surface area (Å²) in [5.74, 6) is 0.443. The van der Waals surface area contributed by atoms with Crippen LogP contribution in [-0.4, -0.2) is 38.4 Å². The van der Waals surface area contributed by atoms with Crippen LogP contribution in [0.3, 0.4) is 0 Å². The molecule has 0 unspecified atom stereocenters. The third kappa shape index (κ3) is 6.31. The van der Waals surface area contributed by atoms with E-state index in [4.69, 9.17) is 19.9 Å². The SMILES string of the molecule is COc1cc(/C=N\NC(=O)COc2ccc(C)c(C)c2)ccc1OCC(N)=O. The van der Waals surface area contributed by atoms with Gasteiger partial charge in [-0.1, -0.05) is 6.07 Å². The molecule has 0 aliphatic heterocycles. The van der Waals surface area contributed by atoms with Gasteiger partial charge in [0.15, 0.2) is 24.7 Å². The first-order chi connectivity index (χ1) is 13.4. The monoisotopic (exact) mass is 385 g/mol. The van der Waals surface area contributed by atoms with E-state index in [1.807, 2.05) is 32.0 Å². The van der Waals surface area contributed by atoms with E-state index in [-0.39, 0.29) is 19.1 Å². The minimum Gasteiger partial charge on any atom is -0.493 e. The smallest absolute Gasteiger partial charge is 0.277 e. The zero-order valence-corrected chi connectivity index (χ0v) is 16.0. The van der Waals surface area contributed by atoms with Crippen molar-refractivity contribution in [1.29, 1.82) is 0 Å². The van der Waals surface area contributed by atoms with Crippen LogP contribution in [0.5, 0.6) is 17.2 Å².